The lowest BCUT2D eigenvalue weighted by atomic mass is 10.2. The molecule has 0 unspecified atom stereocenters. The molecule has 1 N–H and O–H groups in total. The third-order valence-electron chi connectivity index (χ3n) is 3.96. The molecule has 1 aromatic heterocycles. The van der Waals surface area contributed by atoms with Crippen LogP contribution in [0.25, 0.3) is 0 Å². The topological polar surface area (TPSA) is 109 Å². The molecular weight excluding hydrogens is 400 g/mol. The maximum absolute atomic E-state index is 12.5. The summed E-state index contributed by atoms with van der Waals surface area (Å²) >= 11 is 6.19. The molecule has 10 heteroatoms. The molecule has 0 saturated carbocycles. The van der Waals surface area contributed by atoms with Crippen LogP contribution in [0.3, 0.4) is 0 Å². The van der Waals surface area contributed by atoms with Crippen molar-refractivity contribution in [2.45, 2.75) is 6.54 Å². The van der Waals surface area contributed by atoms with Gasteiger partial charge in [0.2, 0.25) is 0 Å². The Morgan fingerprint density at radius 1 is 1.21 bits per heavy atom. The average molecular weight is 417 g/mol. The summed E-state index contributed by atoms with van der Waals surface area (Å²) in [6, 6.07) is 13.2. The first kappa shape index (κ1) is 20.2. The molecule has 0 aliphatic heterocycles. The van der Waals surface area contributed by atoms with Gasteiger partial charge in [0.1, 0.15) is 23.1 Å². The number of nitrogens with zero attached hydrogens (tertiary/aromatic N) is 3. The fraction of sp³-hybridized carbons (Fsp3) is 0.158. The zero-order chi connectivity index (χ0) is 20.8. The second-order valence-electron chi connectivity index (χ2n) is 5.83. The molecule has 0 aliphatic carbocycles. The van der Waals surface area contributed by atoms with E-state index >= 15 is 0 Å². The van der Waals surface area contributed by atoms with E-state index in [0.29, 0.717) is 11.5 Å². The molecular formula is C19H17ClN4O5. The number of benzene rings is 2. The van der Waals surface area contributed by atoms with Gasteiger partial charge in [-0.25, -0.2) is 4.68 Å². The van der Waals surface area contributed by atoms with E-state index in [2.05, 4.69) is 10.4 Å². The van der Waals surface area contributed by atoms with Gasteiger partial charge < -0.3 is 14.8 Å². The van der Waals surface area contributed by atoms with Gasteiger partial charge in [0.05, 0.1) is 36.1 Å². The first-order valence-electron chi connectivity index (χ1n) is 8.52. The number of nitro benzene ring substituents is 1. The van der Waals surface area contributed by atoms with Gasteiger partial charge in [-0.1, -0.05) is 29.8 Å². The Bertz CT molecular complexity index is 1070. The number of hydrogen-bond donors (Lipinski definition) is 1. The molecule has 150 valence electrons. The second-order valence-corrected chi connectivity index (χ2v) is 6.21. The molecule has 3 aromatic rings. The Hall–Kier alpha value is -3.59. The van der Waals surface area contributed by atoms with Gasteiger partial charge in [0, 0.05) is 12.1 Å². The second kappa shape index (κ2) is 9.07. The zero-order valence-corrected chi connectivity index (χ0v) is 16.1. The van der Waals surface area contributed by atoms with Crippen molar-refractivity contribution in [2.24, 2.45) is 0 Å². The van der Waals surface area contributed by atoms with E-state index in [1.807, 2.05) is 30.3 Å². The maximum atomic E-state index is 12.5. The Balaban J connectivity index is 1.77. The van der Waals surface area contributed by atoms with Crippen molar-refractivity contribution in [3.63, 3.8) is 0 Å². The van der Waals surface area contributed by atoms with E-state index in [0.717, 1.165) is 0 Å². The molecule has 0 fully saturated rings. The summed E-state index contributed by atoms with van der Waals surface area (Å²) in [5.74, 6) is 1.04. The molecule has 3 rings (SSSR count). The normalized spacial score (nSPS) is 10.4. The summed E-state index contributed by atoms with van der Waals surface area (Å²) in [5.41, 5.74) is -0.160. The summed E-state index contributed by atoms with van der Waals surface area (Å²) in [4.78, 5) is 23.0. The van der Waals surface area contributed by atoms with Crippen LogP contribution in [0.2, 0.25) is 5.02 Å². The summed E-state index contributed by atoms with van der Waals surface area (Å²) in [6.45, 7) is 0.437. The molecule has 0 bridgehead atoms. The van der Waals surface area contributed by atoms with Crippen LogP contribution in [0.15, 0.2) is 59.5 Å². The van der Waals surface area contributed by atoms with Crippen molar-refractivity contribution in [3.05, 3.63) is 80.2 Å². The minimum absolute atomic E-state index is 0.103. The van der Waals surface area contributed by atoms with E-state index in [4.69, 9.17) is 21.1 Å². The summed E-state index contributed by atoms with van der Waals surface area (Å²) < 4.78 is 11.9. The van der Waals surface area contributed by atoms with E-state index in [1.54, 1.807) is 0 Å². The van der Waals surface area contributed by atoms with Crippen LogP contribution in [0, 0.1) is 10.1 Å². The zero-order valence-electron chi connectivity index (χ0n) is 15.4. The quantitative estimate of drug-likeness (QED) is 0.441. The van der Waals surface area contributed by atoms with Crippen molar-refractivity contribution in [2.75, 3.05) is 19.0 Å². The molecule has 0 radical (unpaired) electrons. The average Bonchev–Trinajstić information content (AvgIpc) is 2.73. The third-order valence-corrected chi connectivity index (χ3v) is 4.33. The van der Waals surface area contributed by atoms with Crippen molar-refractivity contribution >= 4 is 28.7 Å². The number of anilines is 2. The first-order chi connectivity index (χ1) is 14.0. The Labute approximate surface area is 170 Å². The Morgan fingerprint density at radius 3 is 2.66 bits per heavy atom. The van der Waals surface area contributed by atoms with Gasteiger partial charge in [-0.3, -0.25) is 14.9 Å². The van der Waals surface area contributed by atoms with Crippen LogP contribution in [0.4, 0.5) is 17.1 Å². The number of aromatic nitrogens is 2. The molecule has 9 nitrogen and oxygen atoms in total. The predicted molar refractivity (Wildman–Crippen MR) is 108 cm³/mol. The standard InChI is InChI=1S/C19H17ClN4O5/c1-28-17-8-7-13(24(26)27)11-15(17)22-16-12-21-23(19(25)18(16)20)9-10-29-14-5-3-2-4-6-14/h2-8,11-12,22H,9-10H2,1H3. The molecule has 2 aromatic carbocycles. The SMILES string of the molecule is COc1ccc([N+](=O)[O-])cc1Nc1cnn(CCOc2ccccc2)c(=O)c1Cl. The highest BCUT2D eigenvalue weighted by Gasteiger charge is 2.15. The molecule has 0 spiro atoms. The van der Waals surface area contributed by atoms with Gasteiger partial charge >= 0.3 is 0 Å². The molecule has 29 heavy (non-hydrogen) atoms. The number of halogens is 1. The number of methoxy groups -OCH3 is 1. The van der Waals surface area contributed by atoms with Gasteiger partial charge in [-0.2, -0.15) is 5.10 Å². The summed E-state index contributed by atoms with van der Waals surface area (Å²) in [7, 11) is 1.43. The van der Waals surface area contributed by atoms with Crippen molar-refractivity contribution in [1.82, 2.24) is 9.78 Å². The molecule has 0 atom stereocenters. The lowest BCUT2D eigenvalue weighted by molar-refractivity contribution is -0.384. The highest BCUT2D eigenvalue weighted by molar-refractivity contribution is 6.33. The molecule has 0 aliphatic rings. The Morgan fingerprint density at radius 2 is 1.97 bits per heavy atom. The first-order valence-corrected chi connectivity index (χ1v) is 8.90. The summed E-state index contributed by atoms with van der Waals surface area (Å²) in [5, 5.41) is 17.9. The summed E-state index contributed by atoms with van der Waals surface area (Å²) in [6.07, 6.45) is 1.37. The van der Waals surface area contributed by atoms with Gasteiger partial charge in [-0.15, -0.1) is 0 Å². The largest absolute Gasteiger partial charge is 0.495 e. The van der Waals surface area contributed by atoms with E-state index < -0.39 is 10.5 Å². The monoisotopic (exact) mass is 416 g/mol. The van der Waals surface area contributed by atoms with Crippen LogP contribution in [-0.4, -0.2) is 28.4 Å². The van der Waals surface area contributed by atoms with Crippen LogP contribution < -0.4 is 20.3 Å². The number of non-ortho nitro benzene ring substituents is 1. The van der Waals surface area contributed by atoms with Gasteiger partial charge in [0.15, 0.2) is 0 Å². The molecule has 0 saturated heterocycles. The van der Waals surface area contributed by atoms with Gasteiger partial charge in [0.25, 0.3) is 11.2 Å². The number of hydrogen-bond acceptors (Lipinski definition) is 7. The highest BCUT2D eigenvalue weighted by Crippen LogP contribution is 2.32. The minimum Gasteiger partial charge on any atom is -0.495 e. The van der Waals surface area contributed by atoms with Gasteiger partial charge in [-0.05, 0) is 18.2 Å². The number of rotatable bonds is 8. The Kier molecular flexibility index (Phi) is 6.30. The lowest BCUT2D eigenvalue weighted by Gasteiger charge is -2.13. The number of para-hydroxylation sites is 1. The fourth-order valence-corrected chi connectivity index (χ4v) is 2.72. The van der Waals surface area contributed by atoms with Crippen molar-refractivity contribution < 1.29 is 14.4 Å². The minimum atomic E-state index is -0.533. The maximum Gasteiger partial charge on any atom is 0.287 e. The molecule has 1 heterocycles. The van der Waals surface area contributed by atoms with Crippen molar-refractivity contribution in [3.8, 4) is 11.5 Å². The van der Waals surface area contributed by atoms with Crippen LogP contribution in [0.1, 0.15) is 0 Å². The van der Waals surface area contributed by atoms with Crippen LogP contribution in [-0.2, 0) is 6.54 Å². The van der Waals surface area contributed by atoms with Crippen LogP contribution in [0.5, 0.6) is 11.5 Å². The van der Waals surface area contributed by atoms with E-state index in [-0.39, 0.29) is 35.2 Å². The van der Waals surface area contributed by atoms with E-state index in [9.17, 15) is 14.9 Å². The molecule has 0 amide bonds. The third kappa shape index (κ3) is 4.82. The van der Waals surface area contributed by atoms with E-state index in [1.165, 1.54) is 36.2 Å². The number of nitrogens with one attached hydrogen (secondary N) is 1. The number of ether oxygens (including phenoxy) is 2. The smallest absolute Gasteiger partial charge is 0.287 e. The van der Waals surface area contributed by atoms with Crippen molar-refractivity contribution in [1.29, 1.82) is 0 Å². The fourth-order valence-electron chi connectivity index (χ4n) is 2.53. The van der Waals surface area contributed by atoms with Crippen LogP contribution >= 0.6 is 11.6 Å². The lowest BCUT2D eigenvalue weighted by Crippen LogP contribution is -2.26. The highest BCUT2D eigenvalue weighted by atomic mass is 35.5. The number of nitro groups is 1. The predicted octanol–water partition coefficient (Wildman–Crippen LogP) is 3.64.